The number of hydrogen-bond donors (Lipinski definition) is 0. The van der Waals surface area contributed by atoms with Gasteiger partial charge in [0.25, 0.3) is 0 Å². The van der Waals surface area contributed by atoms with Crippen molar-refractivity contribution in [3.05, 3.63) is 101 Å². The van der Waals surface area contributed by atoms with Crippen molar-refractivity contribution in [3.8, 4) is 0 Å². The smallest absolute Gasteiger partial charge is 0.238 e. The lowest BCUT2D eigenvalue weighted by Gasteiger charge is -2.17. The van der Waals surface area contributed by atoms with Crippen LogP contribution in [0.25, 0.3) is 0 Å². The molecule has 2 aliphatic rings. The van der Waals surface area contributed by atoms with Gasteiger partial charge in [-0.15, -0.1) is 0 Å². The van der Waals surface area contributed by atoms with Gasteiger partial charge in [-0.05, 0) is 48.2 Å². The van der Waals surface area contributed by atoms with Crippen LogP contribution in [0, 0.1) is 5.41 Å². The lowest BCUT2D eigenvalue weighted by Crippen LogP contribution is -2.27. The van der Waals surface area contributed by atoms with Crippen LogP contribution in [0.15, 0.2) is 84.9 Å². The van der Waals surface area contributed by atoms with Gasteiger partial charge in [0.15, 0.2) is 0 Å². The van der Waals surface area contributed by atoms with Gasteiger partial charge in [0, 0.05) is 29.0 Å². The van der Waals surface area contributed by atoms with E-state index in [1.165, 1.54) is 0 Å². The molecule has 136 valence electrons. The van der Waals surface area contributed by atoms with Crippen LogP contribution in [0.3, 0.4) is 0 Å². The Kier molecular flexibility index (Phi) is 4.48. The molecule has 1 aliphatic heterocycles. The average molecular weight is 377 g/mol. The molecule has 0 radical (unpaired) electrons. The maximum atomic E-state index is 13.5. The van der Waals surface area contributed by atoms with Gasteiger partial charge in [-0.2, -0.15) is 0 Å². The fourth-order valence-corrected chi connectivity index (χ4v) is 4.18. The van der Waals surface area contributed by atoms with Crippen LogP contribution in [-0.2, 0) is 11.3 Å². The number of carbonyl (C=O) groups excluding carboxylic acids is 1. The Bertz CT molecular complexity index is 946. The van der Waals surface area contributed by atoms with E-state index < -0.39 is 5.41 Å². The minimum atomic E-state index is -0.507. The molecule has 4 heteroatoms. The maximum absolute atomic E-state index is 13.5. The number of carbonyl (C=O) groups is 1. The molecule has 4 rings (SSSR count). The van der Waals surface area contributed by atoms with Crippen molar-refractivity contribution in [1.29, 1.82) is 0 Å². The predicted molar refractivity (Wildman–Crippen MR) is 108 cm³/mol. The Balaban J connectivity index is 1.70. The van der Waals surface area contributed by atoms with Crippen molar-refractivity contribution < 1.29 is 4.79 Å². The summed E-state index contributed by atoms with van der Waals surface area (Å²) in [5.41, 5.74) is 3.45. The summed E-state index contributed by atoms with van der Waals surface area (Å²) in [7, 11) is 0. The number of likely N-dealkylation sites (tertiary alicyclic amines) is 1. The molecule has 1 aromatic heterocycles. The van der Waals surface area contributed by atoms with Crippen molar-refractivity contribution in [1.82, 2.24) is 9.88 Å². The van der Waals surface area contributed by atoms with Crippen molar-refractivity contribution in [2.45, 2.75) is 25.8 Å². The Hall–Kier alpha value is -2.65. The number of hydrogen-bond acceptors (Lipinski definition) is 2. The van der Waals surface area contributed by atoms with Gasteiger partial charge >= 0.3 is 0 Å². The first-order chi connectivity index (χ1) is 13.1. The molecule has 2 aromatic rings. The maximum Gasteiger partial charge on any atom is 0.238 e. The molecule has 2 heterocycles. The molecule has 2 fully saturated rings. The van der Waals surface area contributed by atoms with Crippen molar-refractivity contribution in [2.75, 3.05) is 0 Å². The highest BCUT2D eigenvalue weighted by Crippen LogP contribution is 2.69. The van der Waals surface area contributed by atoms with Crippen molar-refractivity contribution >= 4 is 17.5 Å². The number of amides is 1. The van der Waals surface area contributed by atoms with E-state index in [0.29, 0.717) is 11.6 Å². The fourth-order valence-electron chi connectivity index (χ4n) is 4.05. The molecule has 1 saturated heterocycles. The molecular formula is C23H21ClN2O. The highest BCUT2D eigenvalue weighted by molar-refractivity contribution is 6.30. The first kappa shape index (κ1) is 17.7. The summed E-state index contributed by atoms with van der Waals surface area (Å²) < 4.78 is 0. The minimum Gasteiger partial charge on any atom is -0.307 e. The number of aromatic nitrogens is 1. The first-order valence-electron chi connectivity index (χ1n) is 9.07. The quantitative estimate of drug-likeness (QED) is 0.728. The third-order valence-corrected chi connectivity index (χ3v) is 5.75. The Labute approximate surface area is 164 Å². The molecule has 0 N–H and O–H groups in total. The monoisotopic (exact) mass is 376 g/mol. The summed E-state index contributed by atoms with van der Waals surface area (Å²) in [5.74, 6) is 0.293. The van der Waals surface area contributed by atoms with E-state index in [4.69, 9.17) is 11.6 Å². The molecular weight excluding hydrogens is 356 g/mol. The lowest BCUT2D eigenvalue weighted by molar-refractivity contribution is -0.131. The summed E-state index contributed by atoms with van der Waals surface area (Å²) in [6.45, 7) is 6.72. The topological polar surface area (TPSA) is 33.2 Å². The van der Waals surface area contributed by atoms with Gasteiger partial charge in [-0.3, -0.25) is 9.78 Å². The van der Waals surface area contributed by atoms with E-state index in [2.05, 4.69) is 11.6 Å². The van der Waals surface area contributed by atoms with E-state index in [0.717, 1.165) is 28.8 Å². The van der Waals surface area contributed by atoms with E-state index in [1.807, 2.05) is 66.4 Å². The second kappa shape index (κ2) is 6.82. The zero-order chi connectivity index (χ0) is 19.0. The zero-order valence-electron chi connectivity index (χ0n) is 15.2. The van der Waals surface area contributed by atoms with E-state index in [9.17, 15) is 4.79 Å². The van der Waals surface area contributed by atoms with Gasteiger partial charge in [-0.1, -0.05) is 54.6 Å². The number of allylic oxidation sites excluding steroid dienone is 4. The highest BCUT2D eigenvalue weighted by Gasteiger charge is 2.68. The van der Waals surface area contributed by atoms with E-state index in [-0.39, 0.29) is 11.8 Å². The second-order valence-electron chi connectivity index (χ2n) is 7.09. The summed E-state index contributed by atoms with van der Waals surface area (Å²) in [4.78, 5) is 19.5. The number of benzene rings is 1. The Morgan fingerprint density at radius 1 is 1.33 bits per heavy atom. The first-order valence-corrected chi connectivity index (χ1v) is 9.45. The Morgan fingerprint density at radius 3 is 2.78 bits per heavy atom. The van der Waals surface area contributed by atoms with Gasteiger partial charge in [0.05, 0.1) is 12.0 Å². The van der Waals surface area contributed by atoms with Crippen LogP contribution in [0.5, 0.6) is 0 Å². The normalized spacial score (nSPS) is 25.9. The number of nitrogens with zero attached hydrogens (tertiary/aromatic N) is 2. The van der Waals surface area contributed by atoms with Crippen molar-refractivity contribution in [2.24, 2.45) is 5.41 Å². The molecule has 3 nitrogen and oxygen atoms in total. The van der Waals surface area contributed by atoms with Gasteiger partial charge in [0.1, 0.15) is 0 Å². The van der Waals surface area contributed by atoms with Crippen molar-refractivity contribution in [3.63, 3.8) is 0 Å². The summed E-state index contributed by atoms with van der Waals surface area (Å²) in [5, 5.41) is 0.707. The van der Waals surface area contributed by atoms with Crippen LogP contribution in [0.2, 0.25) is 5.02 Å². The van der Waals surface area contributed by atoms with E-state index >= 15 is 0 Å². The highest BCUT2D eigenvalue weighted by atomic mass is 35.5. The summed E-state index contributed by atoms with van der Waals surface area (Å²) in [6, 6.07) is 11.7. The molecule has 1 spiro atoms. The van der Waals surface area contributed by atoms with Crippen LogP contribution in [-0.4, -0.2) is 15.8 Å². The molecule has 1 amide bonds. The average Bonchev–Trinajstić information content (AvgIpc) is 3.39. The third kappa shape index (κ3) is 2.92. The molecule has 1 aromatic carbocycles. The molecule has 1 aliphatic carbocycles. The molecule has 2 atom stereocenters. The summed E-state index contributed by atoms with van der Waals surface area (Å²) >= 11 is 6.03. The van der Waals surface area contributed by atoms with Crippen LogP contribution in [0.4, 0.5) is 0 Å². The molecule has 27 heavy (non-hydrogen) atoms. The number of rotatable bonds is 4. The Morgan fingerprint density at radius 2 is 2.11 bits per heavy atom. The zero-order valence-corrected chi connectivity index (χ0v) is 16.0. The van der Waals surface area contributed by atoms with Crippen LogP contribution >= 0.6 is 11.6 Å². The van der Waals surface area contributed by atoms with E-state index in [1.54, 1.807) is 12.4 Å². The number of pyridine rings is 1. The molecule has 0 bridgehead atoms. The largest absolute Gasteiger partial charge is 0.307 e. The predicted octanol–water partition coefficient (Wildman–Crippen LogP) is 5.27. The van der Waals surface area contributed by atoms with Gasteiger partial charge < -0.3 is 4.90 Å². The second-order valence-corrected chi connectivity index (χ2v) is 7.52. The van der Waals surface area contributed by atoms with Gasteiger partial charge in [-0.25, -0.2) is 0 Å². The lowest BCUT2D eigenvalue weighted by atomic mass is 9.91. The van der Waals surface area contributed by atoms with Gasteiger partial charge in [0.2, 0.25) is 5.91 Å². The third-order valence-electron chi connectivity index (χ3n) is 5.50. The number of halogens is 1. The minimum absolute atomic E-state index is 0.132. The van der Waals surface area contributed by atoms with Crippen LogP contribution in [0.1, 0.15) is 30.4 Å². The SMILES string of the molecule is C=C1C(=CC=CC)C2(CC2c2ccc(Cl)cc2)C(=O)N1Cc1cccnc1. The standard InChI is InChI=1S/C23H21ClN2O/c1-3-4-7-20-16(2)26(15-17-6-5-12-25-14-17)22(27)23(20)13-21(23)18-8-10-19(24)11-9-18/h3-12,14,21H,2,13,15H2,1H3. The van der Waals surface area contributed by atoms with Crippen LogP contribution < -0.4 is 0 Å². The molecule has 2 unspecified atom stereocenters. The fraction of sp³-hybridized carbons (Fsp3) is 0.217. The summed E-state index contributed by atoms with van der Waals surface area (Å²) in [6.07, 6.45) is 10.3. The molecule has 1 saturated carbocycles.